The van der Waals surface area contributed by atoms with Gasteiger partial charge in [0, 0.05) is 13.0 Å². The lowest BCUT2D eigenvalue weighted by Gasteiger charge is -2.35. The lowest BCUT2D eigenvalue weighted by molar-refractivity contribution is -0.147. The Morgan fingerprint density at radius 1 is 1.25 bits per heavy atom. The summed E-state index contributed by atoms with van der Waals surface area (Å²) in [5.41, 5.74) is -1.12. The third kappa shape index (κ3) is 4.92. The van der Waals surface area contributed by atoms with E-state index in [-0.39, 0.29) is 25.3 Å². The van der Waals surface area contributed by atoms with Crippen LogP contribution in [0.25, 0.3) is 0 Å². The molecule has 0 spiro atoms. The number of carboxylic acid groups (broad SMARTS) is 2. The van der Waals surface area contributed by atoms with Gasteiger partial charge in [-0.05, 0) is 32.7 Å². The summed E-state index contributed by atoms with van der Waals surface area (Å²) in [5, 5.41) is 23.1. The van der Waals surface area contributed by atoms with Crippen molar-refractivity contribution >= 4 is 23.8 Å². The molecule has 0 aromatic heterocycles. The molecule has 0 aliphatic carbocycles. The highest BCUT2D eigenvalue weighted by molar-refractivity contribution is 5.94. The lowest BCUT2D eigenvalue weighted by atomic mass is 9.96. The van der Waals surface area contributed by atoms with Crippen molar-refractivity contribution in [1.82, 2.24) is 15.5 Å². The Labute approximate surface area is 140 Å². The van der Waals surface area contributed by atoms with Gasteiger partial charge in [-0.1, -0.05) is 6.92 Å². The fourth-order valence-corrected chi connectivity index (χ4v) is 2.77. The van der Waals surface area contributed by atoms with E-state index in [1.54, 1.807) is 6.92 Å². The van der Waals surface area contributed by atoms with Crippen molar-refractivity contribution in [2.75, 3.05) is 19.6 Å². The lowest BCUT2D eigenvalue weighted by Crippen LogP contribution is -2.59. The number of carboxylic acids is 2. The van der Waals surface area contributed by atoms with Crippen LogP contribution >= 0.6 is 0 Å². The summed E-state index contributed by atoms with van der Waals surface area (Å²) in [5.74, 6) is -3.21. The molecule has 0 aromatic rings. The number of carbonyl (C=O) groups is 4. The molecule has 2 unspecified atom stereocenters. The predicted molar refractivity (Wildman–Crippen MR) is 84.3 cm³/mol. The van der Waals surface area contributed by atoms with E-state index in [1.807, 2.05) is 6.92 Å². The minimum atomic E-state index is -1.29. The molecule has 1 aliphatic rings. The van der Waals surface area contributed by atoms with Gasteiger partial charge in [0.05, 0.1) is 6.54 Å². The molecule has 1 aliphatic heterocycles. The number of hydrogen-bond acceptors (Lipinski definition) is 5. The van der Waals surface area contributed by atoms with Crippen molar-refractivity contribution in [2.24, 2.45) is 0 Å². The number of likely N-dealkylation sites (tertiary alicyclic amines) is 1. The molecular formula is C15H25N3O6. The smallest absolute Gasteiger partial charge is 0.326 e. The van der Waals surface area contributed by atoms with Crippen LogP contribution in [-0.4, -0.2) is 70.1 Å². The summed E-state index contributed by atoms with van der Waals surface area (Å²) in [6.45, 7) is 4.64. The first kappa shape index (κ1) is 19.9. The molecule has 4 N–H and O–H groups in total. The summed E-state index contributed by atoms with van der Waals surface area (Å²) in [7, 11) is 0. The Kier molecular flexibility index (Phi) is 7.15. The highest BCUT2D eigenvalue weighted by atomic mass is 16.4. The third-order valence-corrected chi connectivity index (χ3v) is 4.21. The molecule has 24 heavy (non-hydrogen) atoms. The molecule has 0 aromatic carbocycles. The average Bonchev–Trinajstić information content (AvgIpc) is 2.91. The number of nitrogens with zero attached hydrogens (tertiary/aromatic N) is 1. The number of nitrogens with one attached hydrogen (secondary N) is 2. The summed E-state index contributed by atoms with van der Waals surface area (Å²) < 4.78 is 0. The second-order valence-electron chi connectivity index (χ2n) is 6.00. The molecule has 1 saturated heterocycles. The van der Waals surface area contributed by atoms with Crippen LogP contribution in [0.2, 0.25) is 0 Å². The molecule has 9 nitrogen and oxygen atoms in total. The van der Waals surface area contributed by atoms with Crippen LogP contribution in [0, 0.1) is 0 Å². The summed E-state index contributed by atoms with van der Waals surface area (Å²) >= 11 is 0. The van der Waals surface area contributed by atoms with Crippen LogP contribution in [0.1, 0.15) is 39.5 Å². The van der Waals surface area contributed by atoms with Gasteiger partial charge in [0.25, 0.3) is 0 Å². The van der Waals surface area contributed by atoms with Crippen LogP contribution in [0.3, 0.4) is 0 Å². The zero-order valence-electron chi connectivity index (χ0n) is 14.0. The fraction of sp³-hybridized carbons (Fsp3) is 0.733. The van der Waals surface area contributed by atoms with Gasteiger partial charge in [0.15, 0.2) is 0 Å². The van der Waals surface area contributed by atoms with E-state index in [4.69, 9.17) is 10.2 Å². The standard InChI is InChI=1S/C15H25N3O6/c1-3-16-9-11(19)18-8-4-7-15(18,2)14(24)17-10(13(22)23)5-6-12(20)21/h10,16H,3-9H2,1-2H3,(H,17,24)(H,20,21)(H,22,23). The highest BCUT2D eigenvalue weighted by Crippen LogP contribution is 2.29. The highest BCUT2D eigenvalue weighted by Gasteiger charge is 2.46. The van der Waals surface area contributed by atoms with Crippen molar-refractivity contribution in [1.29, 1.82) is 0 Å². The van der Waals surface area contributed by atoms with E-state index in [0.717, 1.165) is 0 Å². The number of rotatable bonds is 9. The Balaban J connectivity index is 2.79. The molecule has 1 rings (SSSR count). The number of likely N-dealkylation sites (N-methyl/N-ethyl adjacent to an activating group) is 1. The SMILES string of the molecule is CCNCC(=O)N1CCCC1(C)C(=O)NC(CCC(=O)O)C(=O)O. The normalized spacial score (nSPS) is 21.3. The molecule has 1 heterocycles. The summed E-state index contributed by atoms with van der Waals surface area (Å²) in [4.78, 5) is 48.1. The Bertz CT molecular complexity index is 509. The Hall–Kier alpha value is -2.16. The van der Waals surface area contributed by atoms with E-state index in [2.05, 4.69) is 10.6 Å². The quantitative estimate of drug-likeness (QED) is 0.439. The number of carbonyl (C=O) groups excluding carboxylic acids is 2. The van der Waals surface area contributed by atoms with E-state index in [9.17, 15) is 19.2 Å². The molecule has 1 fully saturated rings. The van der Waals surface area contributed by atoms with E-state index in [0.29, 0.717) is 25.9 Å². The first-order valence-electron chi connectivity index (χ1n) is 7.99. The van der Waals surface area contributed by atoms with Crippen molar-refractivity contribution in [3.63, 3.8) is 0 Å². The van der Waals surface area contributed by atoms with Gasteiger partial charge in [0.2, 0.25) is 11.8 Å². The fourth-order valence-electron chi connectivity index (χ4n) is 2.77. The van der Waals surface area contributed by atoms with Crippen LogP contribution in [0.5, 0.6) is 0 Å². The van der Waals surface area contributed by atoms with E-state index >= 15 is 0 Å². The van der Waals surface area contributed by atoms with Crippen molar-refractivity contribution < 1.29 is 29.4 Å². The molecule has 2 atom stereocenters. The molecular weight excluding hydrogens is 318 g/mol. The van der Waals surface area contributed by atoms with Gasteiger partial charge in [-0.15, -0.1) is 0 Å². The van der Waals surface area contributed by atoms with E-state index in [1.165, 1.54) is 4.90 Å². The molecule has 0 radical (unpaired) electrons. The zero-order valence-corrected chi connectivity index (χ0v) is 14.0. The van der Waals surface area contributed by atoms with Crippen LogP contribution < -0.4 is 10.6 Å². The summed E-state index contributed by atoms with van der Waals surface area (Å²) in [6, 6.07) is -1.29. The van der Waals surface area contributed by atoms with Crippen LogP contribution in [-0.2, 0) is 19.2 Å². The van der Waals surface area contributed by atoms with Gasteiger partial charge in [-0.2, -0.15) is 0 Å². The summed E-state index contributed by atoms with van der Waals surface area (Å²) in [6.07, 6.45) is 0.505. The molecule has 136 valence electrons. The minimum Gasteiger partial charge on any atom is -0.481 e. The van der Waals surface area contributed by atoms with Crippen molar-refractivity contribution in [3.05, 3.63) is 0 Å². The van der Waals surface area contributed by atoms with Gasteiger partial charge in [-0.3, -0.25) is 14.4 Å². The first-order valence-corrected chi connectivity index (χ1v) is 7.99. The van der Waals surface area contributed by atoms with Gasteiger partial charge >= 0.3 is 11.9 Å². The zero-order chi connectivity index (χ0) is 18.3. The Morgan fingerprint density at radius 3 is 2.46 bits per heavy atom. The Morgan fingerprint density at radius 2 is 1.92 bits per heavy atom. The van der Waals surface area contributed by atoms with Gasteiger partial charge < -0.3 is 25.7 Å². The van der Waals surface area contributed by atoms with Crippen LogP contribution in [0.4, 0.5) is 0 Å². The van der Waals surface area contributed by atoms with Crippen molar-refractivity contribution in [2.45, 2.75) is 51.1 Å². The van der Waals surface area contributed by atoms with E-state index < -0.39 is 29.4 Å². The molecule has 0 saturated carbocycles. The molecule has 0 bridgehead atoms. The second-order valence-corrected chi connectivity index (χ2v) is 6.00. The number of amides is 2. The third-order valence-electron chi connectivity index (χ3n) is 4.21. The first-order chi connectivity index (χ1) is 11.2. The van der Waals surface area contributed by atoms with Gasteiger partial charge in [0.1, 0.15) is 11.6 Å². The largest absolute Gasteiger partial charge is 0.481 e. The molecule has 2 amide bonds. The average molecular weight is 343 g/mol. The monoisotopic (exact) mass is 343 g/mol. The maximum absolute atomic E-state index is 12.6. The second kappa shape index (κ2) is 8.62. The number of hydrogen-bond donors (Lipinski definition) is 4. The topological polar surface area (TPSA) is 136 Å². The predicted octanol–water partition coefficient (Wildman–Crippen LogP) is -0.589. The van der Waals surface area contributed by atoms with Crippen LogP contribution in [0.15, 0.2) is 0 Å². The van der Waals surface area contributed by atoms with Gasteiger partial charge in [-0.25, -0.2) is 4.79 Å². The molecule has 9 heteroatoms. The maximum Gasteiger partial charge on any atom is 0.326 e. The van der Waals surface area contributed by atoms with Crippen molar-refractivity contribution in [3.8, 4) is 0 Å². The number of aliphatic carboxylic acids is 2. The minimum absolute atomic E-state index is 0.112. The maximum atomic E-state index is 12.6.